The summed E-state index contributed by atoms with van der Waals surface area (Å²) in [7, 11) is 3.91. The minimum atomic E-state index is -0.687. The quantitative estimate of drug-likeness (QED) is 0.328. The fourth-order valence-corrected chi connectivity index (χ4v) is 5.17. The maximum atomic E-state index is 13.6. The summed E-state index contributed by atoms with van der Waals surface area (Å²) in [6, 6.07) is 18.1. The van der Waals surface area contributed by atoms with Crippen molar-refractivity contribution in [3.05, 3.63) is 86.7 Å². The van der Waals surface area contributed by atoms with Gasteiger partial charge in [-0.15, -0.1) is 11.3 Å². The van der Waals surface area contributed by atoms with Gasteiger partial charge in [0.05, 0.1) is 16.1 Å². The highest BCUT2D eigenvalue weighted by Gasteiger charge is 2.23. The summed E-state index contributed by atoms with van der Waals surface area (Å²) in [6.45, 7) is 0.597. The average Bonchev–Trinajstić information content (AvgIpc) is 3.13. The minimum absolute atomic E-state index is 0.135. The van der Waals surface area contributed by atoms with E-state index in [0.717, 1.165) is 21.2 Å². The Kier molecular flexibility index (Phi) is 6.72. The second-order valence-corrected chi connectivity index (χ2v) is 9.77. The Labute approximate surface area is 205 Å². The molecule has 0 saturated heterocycles. The number of anilines is 1. The molecule has 8 heteroatoms. The zero-order valence-electron chi connectivity index (χ0n) is 18.0. The van der Waals surface area contributed by atoms with Gasteiger partial charge in [-0.1, -0.05) is 53.5 Å². The molecule has 0 saturated carbocycles. The van der Waals surface area contributed by atoms with Crippen molar-refractivity contribution in [3.8, 4) is 11.1 Å². The molecule has 168 valence electrons. The molecule has 0 radical (unpaired) electrons. The molecular weight excluding hydrogens is 477 g/mol. The van der Waals surface area contributed by atoms with E-state index in [1.165, 1.54) is 17.4 Å². The third-order valence-corrected chi connectivity index (χ3v) is 6.82. The first kappa shape index (κ1) is 23.3. The van der Waals surface area contributed by atoms with E-state index in [-0.39, 0.29) is 11.5 Å². The number of hydrogen-bond donors (Lipinski definition) is 2. The molecule has 5 nitrogen and oxygen atoms in total. The van der Waals surface area contributed by atoms with Crippen LogP contribution in [0, 0.1) is 0 Å². The Morgan fingerprint density at radius 2 is 1.70 bits per heavy atom. The number of carbonyl (C=O) groups is 2. The lowest BCUT2D eigenvalue weighted by Gasteiger charge is -2.16. The van der Waals surface area contributed by atoms with Crippen molar-refractivity contribution in [1.82, 2.24) is 4.90 Å². The zero-order valence-corrected chi connectivity index (χ0v) is 20.3. The minimum Gasteiger partial charge on any atom is -0.366 e. The lowest BCUT2D eigenvalue weighted by atomic mass is 9.99. The van der Waals surface area contributed by atoms with Gasteiger partial charge in [-0.3, -0.25) is 9.59 Å². The number of nitrogens with two attached hydrogens (primary N) is 1. The average molecular weight is 498 g/mol. The Bertz CT molecular complexity index is 1360. The summed E-state index contributed by atoms with van der Waals surface area (Å²) in [6.07, 6.45) is 0. The number of hydrogen-bond acceptors (Lipinski definition) is 4. The van der Waals surface area contributed by atoms with Gasteiger partial charge in [-0.05, 0) is 60.9 Å². The smallest absolute Gasteiger partial charge is 0.266 e. The SMILES string of the molecule is CN(C)Cc1c(C(=O)Nc2c(C(N)=O)cc(Cl)cc2-c2ccc(Cl)cc2)sc2ccccc12. The van der Waals surface area contributed by atoms with Crippen LogP contribution >= 0.6 is 34.5 Å². The van der Waals surface area contributed by atoms with Crippen molar-refractivity contribution < 1.29 is 9.59 Å². The number of nitrogens with zero attached hydrogens (tertiary/aromatic N) is 1. The van der Waals surface area contributed by atoms with Crippen LogP contribution in [-0.4, -0.2) is 30.8 Å². The number of fused-ring (bicyclic) bond motifs is 1. The van der Waals surface area contributed by atoms with Crippen LogP contribution in [0.3, 0.4) is 0 Å². The molecular formula is C25H21Cl2N3O2S. The fraction of sp³-hybridized carbons (Fsp3) is 0.120. The molecule has 0 unspecified atom stereocenters. The van der Waals surface area contributed by atoms with E-state index in [9.17, 15) is 9.59 Å². The number of primary amides is 1. The lowest BCUT2D eigenvalue weighted by Crippen LogP contribution is -2.20. The first-order valence-electron chi connectivity index (χ1n) is 10.1. The standard InChI is InChI=1S/C25H21Cl2N3O2S/c1-30(2)13-20-17-5-3-4-6-21(17)33-23(20)25(32)29-22-18(14-7-9-15(26)10-8-14)11-16(27)12-19(22)24(28)31/h3-12H,13H2,1-2H3,(H2,28,31)(H,29,32). The summed E-state index contributed by atoms with van der Waals surface area (Å²) in [4.78, 5) is 28.4. The molecule has 4 aromatic rings. The molecule has 0 aliphatic carbocycles. The number of carbonyl (C=O) groups excluding carboxylic acids is 2. The normalized spacial score (nSPS) is 11.2. The van der Waals surface area contributed by atoms with Gasteiger partial charge in [-0.25, -0.2) is 0 Å². The van der Waals surface area contributed by atoms with Crippen molar-refractivity contribution in [3.63, 3.8) is 0 Å². The van der Waals surface area contributed by atoms with Gasteiger partial charge in [0.2, 0.25) is 0 Å². The number of nitrogens with one attached hydrogen (secondary N) is 1. The number of thiophene rings is 1. The van der Waals surface area contributed by atoms with E-state index >= 15 is 0 Å². The topological polar surface area (TPSA) is 75.4 Å². The molecule has 33 heavy (non-hydrogen) atoms. The molecule has 3 aromatic carbocycles. The molecule has 1 heterocycles. The second kappa shape index (κ2) is 9.53. The third-order valence-electron chi connectivity index (χ3n) is 5.14. The number of halogens is 2. The summed E-state index contributed by atoms with van der Waals surface area (Å²) >= 11 is 13.7. The first-order valence-corrected chi connectivity index (χ1v) is 11.7. The molecule has 0 aliphatic rings. The highest BCUT2D eigenvalue weighted by atomic mass is 35.5. The molecule has 0 spiro atoms. The predicted octanol–water partition coefficient (Wildman–Crippen LogP) is 6.29. The van der Waals surface area contributed by atoms with E-state index in [1.807, 2.05) is 43.3 Å². The Hall–Kier alpha value is -2.90. The van der Waals surface area contributed by atoms with E-state index in [2.05, 4.69) is 5.32 Å². The molecule has 1 aromatic heterocycles. The highest BCUT2D eigenvalue weighted by molar-refractivity contribution is 7.21. The lowest BCUT2D eigenvalue weighted by molar-refractivity contribution is 0.100. The predicted molar refractivity (Wildman–Crippen MR) is 138 cm³/mol. The van der Waals surface area contributed by atoms with Gasteiger partial charge in [0.15, 0.2) is 0 Å². The Morgan fingerprint density at radius 3 is 2.36 bits per heavy atom. The van der Waals surface area contributed by atoms with Gasteiger partial charge in [0, 0.05) is 26.9 Å². The second-order valence-electron chi connectivity index (χ2n) is 7.84. The van der Waals surface area contributed by atoms with E-state index in [0.29, 0.717) is 32.7 Å². The van der Waals surface area contributed by atoms with Crippen LogP contribution in [-0.2, 0) is 6.54 Å². The number of amides is 2. The first-order chi connectivity index (χ1) is 15.7. The van der Waals surface area contributed by atoms with E-state index in [4.69, 9.17) is 28.9 Å². The maximum Gasteiger partial charge on any atom is 0.266 e. The molecule has 2 amide bonds. The number of rotatable bonds is 6. The van der Waals surface area contributed by atoms with Crippen LogP contribution < -0.4 is 11.1 Å². The Morgan fingerprint density at radius 1 is 1.00 bits per heavy atom. The van der Waals surface area contributed by atoms with Crippen LogP contribution in [0.15, 0.2) is 60.7 Å². The van der Waals surface area contributed by atoms with Crippen LogP contribution in [0.4, 0.5) is 5.69 Å². The van der Waals surface area contributed by atoms with Crippen molar-refractivity contribution >= 4 is 62.1 Å². The molecule has 4 rings (SSSR count). The van der Waals surface area contributed by atoms with Crippen LogP contribution in [0.1, 0.15) is 25.6 Å². The van der Waals surface area contributed by atoms with Gasteiger partial charge >= 0.3 is 0 Å². The Balaban J connectivity index is 1.85. The molecule has 3 N–H and O–H groups in total. The summed E-state index contributed by atoms with van der Waals surface area (Å²) in [5.74, 6) is -0.999. The summed E-state index contributed by atoms with van der Waals surface area (Å²) < 4.78 is 1.02. The zero-order chi connectivity index (χ0) is 23.7. The van der Waals surface area contributed by atoms with Crippen molar-refractivity contribution in [2.45, 2.75) is 6.54 Å². The molecule has 0 bridgehead atoms. The largest absolute Gasteiger partial charge is 0.366 e. The summed E-state index contributed by atoms with van der Waals surface area (Å²) in [5, 5.41) is 4.89. The van der Waals surface area contributed by atoms with Crippen molar-refractivity contribution in [1.29, 1.82) is 0 Å². The van der Waals surface area contributed by atoms with Crippen LogP contribution in [0.25, 0.3) is 21.2 Å². The number of benzene rings is 3. The maximum absolute atomic E-state index is 13.6. The third kappa shape index (κ3) is 4.89. The van der Waals surface area contributed by atoms with Gasteiger partial charge in [-0.2, -0.15) is 0 Å². The summed E-state index contributed by atoms with van der Waals surface area (Å²) in [5.41, 5.74) is 8.35. The van der Waals surface area contributed by atoms with Crippen LogP contribution in [0.2, 0.25) is 10.0 Å². The van der Waals surface area contributed by atoms with Crippen molar-refractivity contribution in [2.24, 2.45) is 5.73 Å². The monoisotopic (exact) mass is 497 g/mol. The van der Waals surface area contributed by atoms with E-state index in [1.54, 1.807) is 30.3 Å². The van der Waals surface area contributed by atoms with E-state index < -0.39 is 5.91 Å². The highest BCUT2D eigenvalue weighted by Crippen LogP contribution is 2.37. The van der Waals surface area contributed by atoms with Crippen molar-refractivity contribution in [2.75, 3.05) is 19.4 Å². The fourth-order valence-electron chi connectivity index (χ4n) is 3.72. The van der Waals surface area contributed by atoms with Gasteiger partial charge in [0.1, 0.15) is 0 Å². The molecule has 0 fully saturated rings. The van der Waals surface area contributed by atoms with Crippen LogP contribution in [0.5, 0.6) is 0 Å². The van der Waals surface area contributed by atoms with Gasteiger partial charge in [0.25, 0.3) is 11.8 Å². The van der Waals surface area contributed by atoms with Gasteiger partial charge < -0.3 is 16.0 Å². The molecule has 0 aliphatic heterocycles. The molecule has 0 atom stereocenters.